The van der Waals surface area contributed by atoms with E-state index in [4.69, 9.17) is 21.1 Å². The molecule has 0 saturated carbocycles. The number of fused-ring (bicyclic) bond motifs is 1. The minimum absolute atomic E-state index is 0.372. The predicted octanol–water partition coefficient (Wildman–Crippen LogP) is 5.91. The first-order valence-corrected chi connectivity index (χ1v) is 12.7. The molecular formula is C30H30ClN3O4. The first kappa shape index (κ1) is 26.9. The molecule has 3 aromatic carbocycles. The van der Waals surface area contributed by atoms with Crippen LogP contribution in [0.25, 0.3) is 0 Å². The fourth-order valence-corrected chi connectivity index (χ4v) is 5.02. The van der Waals surface area contributed by atoms with Gasteiger partial charge in [-0.2, -0.15) is 5.10 Å². The number of methoxy groups -OCH3 is 1. The average molecular weight is 532 g/mol. The fraction of sp³-hybridized carbons (Fsp3) is 0.233. The highest BCUT2D eigenvalue weighted by atomic mass is 35.5. The van der Waals surface area contributed by atoms with Crippen LogP contribution in [0.4, 0.5) is 5.69 Å². The van der Waals surface area contributed by atoms with Crippen molar-refractivity contribution in [2.24, 2.45) is 5.10 Å². The van der Waals surface area contributed by atoms with E-state index >= 15 is 0 Å². The van der Waals surface area contributed by atoms with Crippen molar-refractivity contribution in [1.29, 1.82) is 0 Å². The number of anilines is 1. The molecule has 196 valence electrons. The summed E-state index contributed by atoms with van der Waals surface area (Å²) in [5.41, 5.74) is 6.83. The molecule has 1 aliphatic heterocycles. The van der Waals surface area contributed by atoms with Crippen molar-refractivity contribution < 1.29 is 19.1 Å². The Kier molecular flexibility index (Phi) is 8.17. The SMILES string of the molecule is CCN1/C(=C\C=N\NC(=O)c2ccc(OC(C)=O)cc2)C(C)(Cc2ccccc2Cl)c2cc(OC)ccc21. The molecule has 4 rings (SSSR count). The van der Waals surface area contributed by atoms with Gasteiger partial charge in [-0.1, -0.05) is 29.8 Å². The van der Waals surface area contributed by atoms with Crippen molar-refractivity contribution in [3.8, 4) is 11.5 Å². The van der Waals surface area contributed by atoms with Gasteiger partial charge in [0, 0.05) is 47.1 Å². The molecule has 7 nitrogen and oxygen atoms in total. The maximum atomic E-state index is 12.6. The van der Waals surface area contributed by atoms with Crippen molar-refractivity contribution >= 4 is 35.4 Å². The standard InChI is InChI=1S/C30H30ClN3O4/c1-5-34-27-15-14-24(37-4)18-25(27)30(3,19-22-8-6-7-9-26(22)31)28(34)16-17-32-33-29(36)21-10-12-23(13-11-21)38-20(2)35/h6-18H,5,19H2,1-4H3,(H,33,36)/b28-16-,32-17+. The number of esters is 1. The topological polar surface area (TPSA) is 80.2 Å². The van der Waals surface area contributed by atoms with Crippen LogP contribution in [0.1, 0.15) is 42.3 Å². The number of carbonyl (C=O) groups excluding carboxylic acids is 2. The first-order valence-electron chi connectivity index (χ1n) is 12.3. The molecule has 3 aromatic rings. The molecule has 1 aliphatic rings. The molecule has 0 fully saturated rings. The number of hydrogen-bond donors (Lipinski definition) is 1. The van der Waals surface area contributed by atoms with Gasteiger partial charge in [0.05, 0.1) is 7.11 Å². The molecule has 0 spiro atoms. The van der Waals surface area contributed by atoms with Gasteiger partial charge in [-0.05, 0) is 86.0 Å². The molecule has 1 heterocycles. The van der Waals surface area contributed by atoms with Crippen molar-refractivity contribution in [2.75, 3.05) is 18.6 Å². The Morgan fingerprint density at radius 2 is 1.79 bits per heavy atom. The van der Waals surface area contributed by atoms with Crippen LogP contribution in [-0.2, 0) is 16.6 Å². The number of hydrogen-bond acceptors (Lipinski definition) is 6. The van der Waals surface area contributed by atoms with Crippen molar-refractivity contribution in [3.63, 3.8) is 0 Å². The number of likely N-dealkylation sites (N-methyl/N-ethyl adjacent to an activating group) is 1. The second-order valence-electron chi connectivity index (χ2n) is 9.12. The minimum atomic E-state index is -0.423. The van der Waals surface area contributed by atoms with E-state index in [1.807, 2.05) is 36.4 Å². The van der Waals surface area contributed by atoms with Gasteiger partial charge in [0.2, 0.25) is 0 Å². The number of allylic oxidation sites excluding steroid dienone is 2. The maximum absolute atomic E-state index is 12.6. The Bertz CT molecular complexity index is 1400. The molecule has 0 radical (unpaired) electrons. The van der Waals surface area contributed by atoms with E-state index in [-0.39, 0.29) is 5.91 Å². The number of hydrazone groups is 1. The van der Waals surface area contributed by atoms with Crippen LogP contribution in [0.3, 0.4) is 0 Å². The summed E-state index contributed by atoms with van der Waals surface area (Å²) in [6, 6.07) is 20.2. The molecule has 1 amide bonds. The lowest BCUT2D eigenvalue weighted by atomic mass is 9.76. The molecule has 0 saturated heterocycles. The summed E-state index contributed by atoms with van der Waals surface area (Å²) in [5, 5.41) is 4.89. The van der Waals surface area contributed by atoms with E-state index in [0.29, 0.717) is 22.8 Å². The van der Waals surface area contributed by atoms with Crippen LogP contribution < -0.4 is 19.8 Å². The zero-order chi connectivity index (χ0) is 27.3. The predicted molar refractivity (Wildman–Crippen MR) is 150 cm³/mol. The van der Waals surface area contributed by atoms with Crippen LogP contribution in [0.2, 0.25) is 5.02 Å². The summed E-state index contributed by atoms with van der Waals surface area (Å²) < 4.78 is 10.5. The zero-order valence-electron chi connectivity index (χ0n) is 21.8. The van der Waals surface area contributed by atoms with Crippen molar-refractivity contribution in [3.05, 3.63) is 100 Å². The van der Waals surface area contributed by atoms with Crippen LogP contribution in [0, 0.1) is 0 Å². The number of rotatable bonds is 8. The number of benzene rings is 3. The molecule has 1 N–H and O–H groups in total. The Morgan fingerprint density at radius 3 is 2.45 bits per heavy atom. The monoisotopic (exact) mass is 531 g/mol. The Hall–Kier alpha value is -4.10. The summed E-state index contributed by atoms with van der Waals surface area (Å²) in [6.45, 7) is 6.36. The quantitative estimate of drug-likeness (QED) is 0.169. The molecule has 0 bridgehead atoms. The third-order valence-electron chi connectivity index (χ3n) is 6.61. The van der Waals surface area contributed by atoms with E-state index < -0.39 is 11.4 Å². The van der Waals surface area contributed by atoms with E-state index in [1.54, 1.807) is 37.6 Å². The number of ether oxygens (including phenoxy) is 2. The highest BCUT2D eigenvalue weighted by molar-refractivity contribution is 6.31. The number of amides is 1. The Labute approximate surface area is 227 Å². The third-order valence-corrected chi connectivity index (χ3v) is 6.98. The van der Waals surface area contributed by atoms with Gasteiger partial charge in [0.15, 0.2) is 0 Å². The smallest absolute Gasteiger partial charge is 0.308 e. The highest BCUT2D eigenvalue weighted by Gasteiger charge is 2.43. The number of nitrogens with one attached hydrogen (secondary N) is 1. The lowest BCUT2D eigenvalue weighted by Gasteiger charge is -2.30. The molecular weight excluding hydrogens is 502 g/mol. The van der Waals surface area contributed by atoms with Crippen LogP contribution in [0.15, 0.2) is 83.6 Å². The van der Waals surface area contributed by atoms with Gasteiger partial charge in [-0.15, -0.1) is 0 Å². The highest BCUT2D eigenvalue weighted by Crippen LogP contribution is 2.51. The number of carbonyl (C=O) groups is 2. The fourth-order valence-electron chi connectivity index (χ4n) is 4.82. The van der Waals surface area contributed by atoms with E-state index in [9.17, 15) is 9.59 Å². The van der Waals surface area contributed by atoms with Crippen LogP contribution in [-0.4, -0.2) is 31.7 Å². The second kappa shape index (κ2) is 11.5. The minimum Gasteiger partial charge on any atom is -0.497 e. The summed E-state index contributed by atoms with van der Waals surface area (Å²) in [7, 11) is 1.66. The van der Waals surface area contributed by atoms with Gasteiger partial charge in [0.1, 0.15) is 11.5 Å². The number of nitrogens with zero attached hydrogens (tertiary/aromatic N) is 2. The molecule has 0 aromatic heterocycles. The zero-order valence-corrected chi connectivity index (χ0v) is 22.6. The van der Waals surface area contributed by atoms with Gasteiger partial charge >= 0.3 is 5.97 Å². The first-order chi connectivity index (χ1) is 18.3. The summed E-state index contributed by atoms with van der Waals surface area (Å²) in [6.07, 6.45) is 4.19. The van der Waals surface area contributed by atoms with Gasteiger partial charge < -0.3 is 14.4 Å². The van der Waals surface area contributed by atoms with E-state index in [1.165, 1.54) is 6.92 Å². The molecule has 38 heavy (non-hydrogen) atoms. The third kappa shape index (κ3) is 5.58. The molecule has 1 unspecified atom stereocenters. The lowest BCUT2D eigenvalue weighted by Crippen LogP contribution is -2.31. The van der Waals surface area contributed by atoms with Crippen LogP contribution in [0.5, 0.6) is 11.5 Å². The summed E-state index contributed by atoms with van der Waals surface area (Å²) in [5.74, 6) is 0.360. The van der Waals surface area contributed by atoms with Crippen molar-refractivity contribution in [2.45, 2.75) is 32.6 Å². The maximum Gasteiger partial charge on any atom is 0.308 e. The second-order valence-corrected chi connectivity index (χ2v) is 9.52. The van der Waals surface area contributed by atoms with Gasteiger partial charge in [-0.3, -0.25) is 9.59 Å². The normalized spacial score (nSPS) is 17.5. The largest absolute Gasteiger partial charge is 0.497 e. The summed E-state index contributed by atoms with van der Waals surface area (Å²) >= 11 is 6.57. The van der Waals surface area contributed by atoms with Crippen molar-refractivity contribution in [1.82, 2.24) is 5.43 Å². The van der Waals surface area contributed by atoms with Gasteiger partial charge in [0.25, 0.3) is 5.91 Å². The van der Waals surface area contributed by atoms with E-state index in [2.05, 4.69) is 41.4 Å². The average Bonchev–Trinajstić information content (AvgIpc) is 3.14. The number of halogens is 1. The van der Waals surface area contributed by atoms with Gasteiger partial charge in [-0.25, -0.2) is 5.43 Å². The Balaban J connectivity index is 1.62. The van der Waals surface area contributed by atoms with Crippen LogP contribution >= 0.6 is 11.6 Å². The molecule has 1 atom stereocenters. The van der Waals surface area contributed by atoms with E-state index in [0.717, 1.165) is 34.8 Å². The molecule has 0 aliphatic carbocycles. The summed E-state index contributed by atoms with van der Waals surface area (Å²) in [4.78, 5) is 25.9. The molecule has 8 heteroatoms. The lowest BCUT2D eigenvalue weighted by molar-refractivity contribution is -0.131. The Morgan fingerprint density at radius 1 is 1.08 bits per heavy atom.